The first kappa shape index (κ1) is 20.0. The van der Waals surface area contributed by atoms with Crippen LogP contribution in [0.4, 0.5) is 30.6 Å². The molecule has 0 spiro atoms. The number of alkyl halides is 3. The monoisotopic (exact) mass is 417 g/mol. The minimum absolute atomic E-state index is 0.188. The van der Waals surface area contributed by atoms with Crippen molar-refractivity contribution in [3.05, 3.63) is 36.3 Å². The van der Waals surface area contributed by atoms with E-state index in [1.807, 2.05) is 37.4 Å². The van der Waals surface area contributed by atoms with Gasteiger partial charge in [-0.1, -0.05) is 0 Å². The van der Waals surface area contributed by atoms with Gasteiger partial charge in [0.25, 0.3) is 0 Å². The van der Waals surface area contributed by atoms with Gasteiger partial charge < -0.3 is 20.6 Å². The Labute approximate surface area is 170 Å². The molecular weight excluding hydrogens is 395 g/mol. The van der Waals surface area contributed by atoms with Crippen LogP contribution in [0.3, 0.4) is 0 Å². The van der Waals surface area contributed by atoms with Gasteiger partial charge in [0.15, 0.2) is 0 Å². The fourth-order valence-electron chi connectivity index (χ4n) is 3.20. The van der Waals surface area contributed by atoms with Gasteiger partial charge in [0.05, 0.1) is 16.4 Å². The average molecular weight is 417 g/mol. The molecule has 3 aromatic heterocycles. The summed E-state index contributed by atoms with van der Waals surface area (Å²) in [7, 11) is 0. The number of hydrogen-bond donors (Lipinski definition) is 4. The van der Waals surface area contributed by atoms with E-state index in [1.54, 1.807) is 0 Å². The van der Waals surface area contributed by atoms with Crippen LogP contribution < -0.4 is 10.6 Å². The highest BCUT2D eigenvalue weighted by atomic mass is 19.4. The maximum absolute atomic E-state index is 10.4. The van der Waals surface area contributed by atoms with Gasteiger partial charge in [-0.25, -0.2) is 4.98 Å². The van der Waals surface area contributed by atoms with Gasteiger partial charge >= 0.3 is 6.18 Å². The molecule has 4 N–H and O–H groups in total. The zero-order valence-corrected chi connectivity index (χ0v) is 16.6. The van der Waals surface area contributed by atoms with Crippen molar-refractivity contribution in [3.63, 3.8) is 0 Å². The standard InChI is InChI=1S/C18H19N7.C2H3F3/c1-10-20-14-6-5-12(9-15(14)21-10)23-18-24-16-13(7-8-19-16)17(25-18)22-11-3-2-4-11;1-2(3,4)5/h5-9,11H,2-4H2,1H3,(H,20,21)(H3,19,22,23,24,25);1H3. The number of benzene rings is 1. The number of fused-ring (bicyclic) bond motifs is 2. The van der Waals surface area contributed by atoms with Crippen molar-refractivity contribution in [2.75, 3.05) is 10.6 Å². The van der Waals surface area contributed by atoms with E-state index in [1.165, 1.54) is 19.3 Å². The molecule has 0 atom stereocenters. The average Bonchev–Trinajstić information content (AvgIpc) is 3.21. The number of nitrogens with one attached hydrogen (secondary N) is 4. The number of rotatable bonds is 4. The lowest BCUT2D eigenvalue weighted by molar-refractivity contribution is -0.110. The van der Waals surface area contributed by atoms with Gasteiger partial charge in [-0.2, -0.15) is 23.1 Å². The molecule has 1 aromatic carbocycles. The number of anilines is 3. The molecule has 7 nitrogen and oxygen atoms in total. The number of aromatic amines is 2. The number of H-pyrrole nitrogens is 2. The molecule has 1 aliphatic carbocycles. The largest absolute Gasteiger partial charge is 0.386 e. The van der Waals surface area contributed by atoms with Gasteiger partial charge in [-0.05, 0) is 50.5 Å². The lowest BCUT2D eigenvalue weighted by Crippen LogP contribution is -2.27. The van der Waals surface area contributed by atoms with Gasteiger partial charge in [-0.3, -0.25) is 0 Å². The number of imidazole rings is 1. The van der Waals surface area contributed by atoms with Crippen molar-refractivity contribution in [1.29, 1.82) is 0 Å². The molecule has 158 valence electrons. The third-order valence-corrected chi connectivity index (χ3v) is 4.72. The quantitative estimate of drug-likeness (QED) is 0.356. The summed E-state index contributed by atoms with van der Waals surface area (Å²) in [6.07, 6.45) is 1.59. The predicted octanol–water partition coefficient (Wildman–Crippen LogP) is 5.42. The molecular formula is C20H22F3N7. The van der Waals surface area contributed by atoms with Crippen LogP contribution in [-0.4, -0.2) is 37.1 Å². The van der Waals surface area contributed by atoms with Gasteiger partial charge in [-0.15, -0.1) is 0 Å². The Morgan fingerprint density at radius 2 is 1.87 bits per heavy atom. The summed E-state index contributed by atoms with van der Waals surface area (Å²) in [6.45, 7) is 2.14. The van der Waals surface area contributed by atoms with Crippen LogP contribution in [0.2, 0.25) is 0 Å². The second-order valence-corrected chi connectivity index (χ2v) is 7.37. The smallest absolute Gasteiger partial charge is 0.367 e. The summed E-state index contributed by atoms with van der Waals surface area (Å²) in [6, 6.07) is 8.53. The SMILES string of the molecule is CC(F)(F)F.Cc1nc2ccc(Nc3nc(NC4CCC4)c4cc[nH]c4n3)cc2[nH]1. The van der Waals surface area contributed by atoms with Crippen LogP contribution in [0.5, 0.6) is 0 Å². The molecule has 0 radical (unpaired) electrons. The summed E-state index contributed by atoms with van der Waals surface area (Å²) in [5, 5.41) is 7.87. The summed E-state index contributed by atoms with van der Waals surface area (Å²) in [5.41, 5.74) is 3.71. The van der Waals surface area contributed by atoms with Crippen molar-refractivity contribution < 1.29 is 13.2 Å². The van der Waals surface area contributed by atoms with Gasteiger partial charge in [0.2, 0.25) is 5.95 Å². The number of aryl methyl sites for hydroxylation is 1. The maximum Gasteiger partial charge on any atom is 0.386 e. The second-order valence-electron chi connectivity index (χ2n) is 7.37. The Hall–Kier alpha value is -3.30. The summed E-state index contributed by atoms with van der Waals surface area (Å²) < 4.78 is 31.1. The minimum atomic E-state index is -4.00. The normalized spacial score (nSPS) is 14.3. The van der Waals surface area contributed by atoms with Gasteiger partial charge in [0, 0.05) is 24.8 Å². The Balaban J connectivity index is 0.000000393. The summed E-state index contributed by atoms with van der Waals surface area (Å²) in [4.78, 5) is 20.1. The third kappa shape index (κ3) is 4.81. The first-order valence-corrected chi connectivity index (χ1v) is 9.66. The first-order chi connectivity index (χ1) is 14.2. The van der Waals surface area contributed by atoms with E-state index >= 15 is 0 Å². The summed E-state index contributed by atoms with van der Waals surface area (Å²) >= 11 is 0. The van der Waals surface area contributed by atoms with Crippen LogP contribution in [0, 0.1) is 6.92 Å². The molecule has 30 heavy (non-hydrogen) atoms. The van der Waals surface area contributed by atoms with Crippen LogP contribution in [-0.2, 0) is 0 Å². The molecule has 0 bridgehead atoms. The Morgan fingerprint density at radius 1 is 1.10 bits per heavy atom. The van der Waals surface area contributed by atoms with Crippen molar-refractivity contribution >= 4 is 39.5 Å². The Morgan fingerprint density at radius 3 is 2.57 bits per heavy atom. The van der Waals surface area contributed by atoms with Crippen molar-refractivity contribution in [1.82, 2.24) is 24.9 Å². The maximum atomic E-state index is 10.4. The fourth-order valence-corrected chi connectivity index (χ4v) is 3.20. The van der Waals surface area contributed by atoms with Gasteiger partial charge in [0.1, 0.15) is 17.3 Å². The molecule has 0 saturated heterocycles. The van der Waals surface area contributed by atoms with Crippen LogP contribution >= 0.6 is 0 Å². The highest BCUT2D eigenvalue weighted by Gasteiger charge is 2.19. The Bertz CT molecular complexity index is 1150. The molecule has 5 rings (SSSR count). The lowest BCUT2D eigenvalue weighted by atomic mass is 9.93. The fraction of sp³-hybridized carbons (Fsp3) is 0.350. The van der Waals surface area contributed by atoms with Crippen LogP contribution in [0.15, 0.2) is 30.5 Å². The Kier molecular flexibility index (Phi) is 5.23. The molecule has 3 heterocycles. The van der Waals surface area contributed by atoms with E-state index in [0.29, 0.717) is 12.0 Å². The number of halogens is 3. The molecule has 10 heteroatoms. The molecule has 0 unspecified atom stereocenters. The molecule has 0 amide bonds. The third-order valence-electron chi connectivity index (χ3n) is 4.72. The van der Waals surface area contributed by atoms with E-state index in [0.717, 1.165) is 39.4 Å². The van der Waals surface area contributed by atoms with Crippen LogP contribution in [0.25, 0.3) is 22.1 Å². The number of hydrogen-bond acceptors (Lipinski definition) is 5. The topological polar surface area (TPSA) is 94.3 Å². The zero-order valence-electron chi connectivity index (χ0n) is 16.6. The minimum Gasteiger partial charge on any atom is -0.367 e. The van der Waals surface area contributed by atoms with Crippen molar-refractivity contribution in [2.24, 2.45) is 0 Å². The summed E-state index contributed by atoms with van der Waals surface area (Å²) in [5.74, 6) is 2.37. The lowest BCUT2D eigenvalue weighted by Gasteiger charge is -2.27. The van der Waals surface area contributed by atoms with E-state index in [-0.39, 0.29) is 6.92 Å². The molecule has 0 aliphatic heterocycles. The van der Waals surface area contributed by atoms with Crippen LogP contribution in [0.1, 0.15) is 32.0 Å². The predicted molar refractivity (Wildman–Crippen MR) is 111 cm³/mol. The van der Waals surface area contributed by atoms with E-state index in [4.69, 9.17) is 4.98 Å². The van der Waals surface area contributed by atoms with E-state index < -0.39 is 6.18 Å². The highest BCUT2D eigenvalue weighted by Crippen LogP contribution is 2.28. The van der Waals surface area contributed by atoms with Crippen molar-refractivity contribution in [3.8, 4) is 0 Å². The zero-order chi connectivity index (χ0) is 21.3. The molecule has 1 fully saturated rings. The van der Waals surface area contributed by atoms with Crippen molar-refractivity contribution in [2.45, 2.75) is 45.3 Å². The molecule has 1 saturated carbocycles. The first-order valence-electron chi connectivity index (χ1n) is 9.66. The second kappa shape index (κ2) is 7.85. The number of aromatic nitrogens is 5. The molecule has 1 aliphatic rings. The van der Waals surface area contributed by atoms with E-state index in [9.17, 15) is 13.2 Å². The molecule has 4 aromatic rings. The van der Waals surface area contributed by atoms with E-state index in [2.05, 4.69) is 30.6 Å². The highest BCUT2D eigenvalue weighted by molar-refractivity contribution is 5.89. The number of nitrogens with zero attached hydrogens (tertiary/aromatic N) is 3.